The number of aromatic nitrogens is 2. The van der Waals surface area contributed by atoms with E-state index in [4.69, 9.17) is 0 Å². The Bertz CT molecular complexity index is 451. The monoisotopic (exact) mass is 214 g/mol. The number of nitrogens with zero attached hydrogens (tertiary/aromatic N) is 2. The second-order valence-corrected chi connectivity index (χ2v) is 4.23. The predicted octanol–water partition coefficient (Wildman–Crippen LogP) is 3.75. The van der Waals surface area contributed by atoms with Crippen LogP contribution in [0.1, 0.15) is 38.2 Å². The Balaban J connectivity index is 2.02. The Labute approximate surface area is 96.7 Å². The minimum atomic E-state index is 1.03. The lowest BCUT2D eigenvalue weighted by molar-refractivity contribution is 0.667. The first-order valence-electron chi connectivity index (χ1n) is 6.09. The first-order chi connectivity index (χ1) is 7.90. The van der Waals surface area contributed by atoms with Gasteiger partial charge in [0.05, 0.1) is 5.52 Å². The molecule has 84 valence electrons. The van der Waals surface area contributed by atoms with Crippen LogP contribution >= 0.6 is 0 Å². The molecule has 0 bridgehead atoms. The largest absolute Gasteiger partial charge is 0.244 e. The second-order valence-electron chi connectivity index (χ2n) is 4.23. The van der Waals surface area contributed by atoms with Gasteiger partial charge >= 0.3 is 0 Å². The van der Waals surface area contributed by atoms with Crippen LogP contribution in [0.5, 0.6) is 0 Å². The maximum atomic E-state index is 4.22. The van der Waals surface area contributed by atoms with Crippen LogP contribution in [0.2, 0.25) is 0 Å². The summed E-state index contributed by atoms with van der Waals surface area (Å²) < 4.78 is 0. The Morgan fingerprint density at radius 2 is 2.06 bits per heavy atom. The molecule has 0 unspecified atom stereocenters. The fourth-order valence-electron chi connectivity index (χ4n) is 1.95. The van der Waals surface area contributed by atoms with Crippen LogP contribution in [0, 0.1) is 0 Å². The number of hydrogen-bond acceptors (Lipinski definition) is 2. The molecule has 0 amide bonds. The molecule has 1 aromatic heterocycles. The maximum absolute atomic E-state index is 4.22. The maximum Gasteiger partial charge on any atom is 0.116 e. The van der Waals surface area contributed by atoms with E-state index in [-0.39, 0.29) is 0 Å². The molecule has 2 heteroatoms. The van der Waals surface area contributed by atoms with E-state index in [1.54, 1.807) is 6.33 Å². The minimum Gasteiger partial charge on any atom is -0.244 e. The minimum absolute atomic E-state index is 1.03. The third-order valence-electron chi connectivity index (χ3n) is 2.89. The molecule has 0 aliphatic rings. The summed E-state index contributed by atoms with van der Waals surface area (Å²) in [6.45, 7) is 2.24. The van der Waals surface area contributed by atoms with Gasteiger partial charge < -0.3 is 0 Å². The number of fused-ring (bicyclic) bond motifs is 1. The summed E-state index contributed by atoms with van der Waals surface area (Å²) >= 11 is 0. The van der Waals surface area contributed by atoms with E-state index in [1.165, 1.54) is 37.7 Å². The molecule has 2 rings (SSSR count). The van der Waals surface area contributed by atoms with Crippen molar-refractivity contribution in [3.63, 3.8) is 0 Å². The Morgan fingerprint density at radius 3 is 2.94 bits per heavy atom. The second kappa shape index (κ2) is 5.59. The summed E-state index contributed by atoms with van der Waals surface area (Å²) in [7, 11) is 0. The molecule has 1 aromatic carbocycles. The van der Waals surface area contributed by atoms with E-state index in [0.717, 1.165) is 10.9 Å². The highest BCUT2D eigenvalue weighted by Gasteiger charge is 1.97. The summed E-state index contributed by atoms with van der Waals surface area (Å²) in [5.74, 6) is 0. The van der Waals surface area contributed by atoms with Crippen molar-refractivity contribution in [2.24, 2.45) is 0 Å². The molecule has 0 aliphatic carbocycles. The SMILES string of the molecule is CCCCCCc1ccc2ncncc2c1. The number of unbranched alkanes of at least 4 members (excludes halogenated alkanes) is 3. The van der Waals surface area contributed by atoms with Gasteiger partial charge in [-0.25, -0.2) is 9.97 Å². The van der Waals surface area contributed by atoms with E-state index in [9.17, 15) is 0 Å². The van der Waals surface area contributed by atoms with Crippen LogP contribution in [0.15, 0.2) is 30.7 Å². The van der Waals surface area contributed by atoms with Crippen LogP contribution in [-0.2, 0) is 6.42 Å². The van der Waals surface area contributed by atoms with Crippen LogP contribution in [0.4, 0.5) is 0 Å². The molecule has 0 aliphatic heterocycles. The third kappa shape index (κ3) is 2.78. The predicted molar refractivity (Wildman–Crippen MR) is 67.4 cm³/mol. The van der Waals surface area contributed by atoms with Gasteiger partial charge in [0.25, 0.3) is 0 Å². The van der Waals surface area contributed by atoms with Crippen molar-refractivity contribution < 1.29 is 0 Å². The lowest BCUT2D eigenvalue weighted by Gasteiger charge is -2.02. The van der Waals surface area contributed by atoms with Gasteiger partial charge in [0.15, 0.2) is 0 Å². The van der Waals surface area contributed by atoms with E-state index >= 15 is 0 Å². The average molecular weight is 214 g/mol. The number of rotatable bonds is 5. The van der Waals surface area contributed by atoms with Crippen LogP contribution in [0.25, 0.3) is 10.9 Å². The molecule has 0 fully saturated rings. The molecule has 2 nitrogen and oxygen atoms in total. The highest BCUT2D eigenvalue weighted by molar-refractivity contribution is 5.77. The lowest BCUT2D eigenvalue weighted by atomic mass is 10.0. The molecule has 0 N–H and O–H groups in total. The van der Waals surface area contributed by atoms with Gasteiger partial charge in [-0.05, 0) is 30.5 Å². The van der Waals surface area contributed by atoms with E-state index in [2.05, 4.69) is 35.1 Å². The van der Waals surface area contributed by atoms with Crippen molar-refractivity contribution in [1.82, 2.24) is 9.97 Å². The standard InChI is InChI=1S/C14H18N2/c1-2-3-4-5-6-12-7-8-14-13(9-12)10-15-11-16-14/h7-11H,2-6H2,1H3. The Kier molecular flexibility index (Phi) is 3.86. The van der Waals surface area contributed by atoms with Crippen molar-refractivity contribution in [2.75, 3.05) is 0 Å². The molecule has 0 radical (unpaired) electrons. The summed E-state index contributed by atoms with van der Waals surface area (Å²) in [5, 5.41) is 1.15. The zero-order valence-corrected chi connectivity index (χ0v) is 9.82. The average Bonchev–Trinajstić information content (AvgIpc) is 2.34. The molecular weight excluding hydrogens is 196 g/mol. The van der Waals surface area contributed by atoms with Gasteiger partial charge in [-0.15, -0.1) is 0 Å². The molecule has 0 saturated carbocycles. The summed E-state index contributed by atoms with van der Waals surface area (Å²) in [6.07, 6.45) is 9.92. The fourth-order valence-corrected chi connectivity index (χ4v) is 1.95. The van der Waals surface area contributed by atoms with E-state index in [1.807, 2.05) is 6.20 Å². The summed E-state index contributed by atoms with van der Waals surface area (Å²) in [4.78, 5) is 8.27. The zero-order valence-electron chi connectivity index (χ0n) is 9.82. The zero-order chi connectivity index (χ0) is 11.2. The topological polar surface area (TPSA) is 25.8 Å². The summed E-state index contributed by atoms with van der Waals surface area (Å²) in [5.41, 5.74) is 2.44. The van der Waals surface area contributed by atoms with Crippen LogP contribution in [0.3, 0.4) is 0 Å². The number of hydrogen-bond donors (Lipinski definition) is 0. The Hall–Kier alpha value is -1.44. The first-order valence-corrected chi connectivity index (χ1v) is 6.09. The Morgan fingerprint density at radius 1 is 1.12 bits per heavy atom. The molecule has 16 heavy (non-hydrogen) atoms. The van der Waals surface area contributed by atoms with Gasteiger partial charge in [-0.3, -0.25) is 0 Å². The van der Waals surface area contributed by atoms with E-state index < -0.39 is 0 Å². The number of benzene rings is 1. The highest BCUT2D eigenvalue weighted by atomic mass is 14.8. The lowest BCUT2D eigenvalue weighted by Crippen LogP contribution is -1.87. The van der Waals surface area contributed by atoms with Gasteiger partial charge in [-0.2, -0.15) is 0 Å². The van der Waals surface area contributed by atoms with Gasteiger partial charge in [0.2, 0.25) is 0 Å². The third-order valence-corrected chi connectivity index (χ3v) is 2.89. The van der Waals surface area contributed by atoms with Crippen molar-refractivity contribution in [3.05, 3.63) is 36.3 Å². The molecular formula is C14H18N2. The normalized spacial score (nSPS) is 10.8. The molecule has 2 aromatic rings. The van der Waals surface area contributed by atoms with Crippen LogP contribution < -0.4 is 0 Å². The molecule has 0 saturated heterocycles. The quantitative estimate of drug-likeness (QED) is 0.708. The van der Waals surface area contributed by atoms with E-state index in [0.29, 0.717) is 0 Å². The van der Waals surface area contributed by atoms with Gasteiger partial charge in [0, 0.05) is 11.6 Å². The van der Waals surface area contributed by atoms with Crippen molar-refractivity contribution in [1.29, 1.82) is 0 Å². The number of aryl methyl sites for hydroxylation is 1. The van der Waals surface area contributed by atoms with Gasteiger partial charge in [-0.1, -0.05) is 32.3 Å². The highest BCUT2D eigenvalue weighted by Crippen LogP contribution is 2.14. The van der Waals surface area contributed by atoms with Crippen LogP contribution in [-0.4, -0.2) is 9.97 Å². The van der Waals surface area contributed by atoms with Crippen molar-refractivity contribution in [3.8, 4) is 0 Å². The van der Waals surface area contributed by atoms with Crippen molar-refractivity contribution in [2.45, 2.75) is 39.0 Å². The molecule has 0 spiro atoms. The van der Waals surface area contributed by atoms with Gasteiger partial charge in [0.1, 0.15) is 6.33 Å². The van der Waals surface area contributed by atoms with Crippen molar-refractivity contribution >= 4 is 10.9 Å². The molecule has 1 heterocycles. The molecule has 0 atom stereocenters. The smallest absolute Gasteiger partial charge is 0.116 e. The summed E-state index contributed by atoms with van der Waals surface area (Å²) in [6, 6.07) is 6.48. The first kappa shape index (κ1) is 11.1. The fraction of sp³-hybridized carbons (Fsp3) is 0.429.